The van der Waals surface area contributed by atoms with Crippen molar-refractivity contribution in [2.75, 3.05) is 11.4 Å². The van der Waals surface area contributed by atoms with Crippen LogP contribution in [0.4, 0.5) is 23.2 Å². The van der Waals surface area contributed by atoms with E-state index in [1.54, 1.807) is 20.8 Å². The maximum Gasteiger partial charge on any atom is 0.417 e. The summed E-state index contributed by atoms with van der Waals surface area (Å²) in [6, 6.07) is 8.16. The standard InChI is InChI=1S/C22H21ClF4N6O2/c1-21(2,3)28-18(34)11-32(15-8-9-17(23)16(10-15)22(25,26)27)19(35)12-33-30-20(29-31-33)13-4-6-14(24)7-5-13/h4-10H,11-12H2,1-3H3,(H,28,34). The average Bonchev–Trinajstić information content (AvgIpc) is 3.19. The summed E-state index contributed by atoms with van der Waals surface area (Å²) < 4.78 is 53.3. The Labute approximate surface area is 202 Å². The fourth-order valence-corrected chi connectivity index (χ4v) is 3.28. The zero-order valence-electron chi connectivity index (χ0n) is 18.9. The minimum atomic E-state index is -4.77. The molecule has 0 aliphatic carbocycles. The van der Waals surface area contributed by atoms with Crippen LogP contribution in [0.3, 0.4) is 0 Å². The molecule has 13 heteroatoms. The predicted octanol–water partition coefficient (Wildman–Crippen LogP) is 4.10. The number of tetrazole rings is 1. The molecule has 186 valence electrons. The Morgan fingerprint density at radius 2 is 1.74 bits per heavy atom. The molecular formula is C22H21ClF4N6O2. The second kappa shape index (κ2) is 9.98. The molecule has 0 fully saturated rings. The highest BCUT2D eigenvalue weighted by Crippen LogP contribution is 2.37. The Morgan fingerprint density at radius 3 is 2.34 bits per heavy atom. The maximum absolute atomic E-state index is 13.4. The Balaban J connectivity index is 1.90. The number of halogens is 5. The van der Waals surface area contributed by atoms with E-state index in [9.17, 15) is 27.2 Å². The van der Waals surface area contributed by atoms with Gasteiger partial charge in [0, 0.05) is 16.8 Å². The number of hydrogen-bond donors (Lipinski definition) is 1. The molecule has 2 aromatic carbocycles. The van der Waals surface area contributed by atoms with Crippen molar-refractivity contribution in [2.45, 2.75) is 39.0 Å². The zero-order valence-corrected chi connectivity index (χ0v) is 19.7. The molecule has 1 aromatic heterocycles. The van der Waals surface area contributed by atoms with Crippen LogP contribution in [0.25, 0.3) is 11.4 Å². The fraction of sp³-hybridized carbons (Fsp3) is 0.318. The van der Waals surface area contributed by atoms with Gasteiger partial charge in [-0.25, -0.2) is 4.39 Å². The molecule has 8 nitrogen and oxygen atoms in total. The SMILES string of the molecule is CC(C)(C)NC(=O)CN(C(=O)Cn1nnc(-c2ccc(F)cc2)n1)c1ccc(Cl)c(C(F)(F)F)c1. The van der Waals surface area contributed by atoms with Crippen LogP contribution >= 0.6 is 11.6 Å². The molecule has 0 radical (unpaired) electrons. The number of nitrogens with zero attached hydrogens (tertiary/aromatic N) is 5. The lowest BCUT2D eigenvalue weighted by molar-refractivity contribution is -0.137. The highest BCUT2D eigenvalue weighted by atomic mass is 35.5. The first kappa shape index (κ1) is 26.1. The number of aromatic nitrogens is 4. The van der Waals surface area contributed by atoms with Gasteiger partial charge in [-0.3, -0.25) is 9.59 Å². The van der Waals surface area contributed by atoms with Crippen LogP contribution in [0.5, 0.6) is 0 Å². The topological polar surface area (TPSA) is 93.0 Å². The summed E-state index contributed by atoms with van der Waals surface area (Å²) >= 11 is 5.70. The third-order valence-corrected chi connectivity index (χ3v) is 4.85. The van der Waals surface area contributed by atoms with Crippen molar-refractivity contribution in [3.63, 3.8) is 0 Å². The van der Waals surface area contributed by atoms with Crippen molar-refractivity contribution in [1.82, 2.24) is 25.5 Å². The van der Waals surface area contributed by atoms with Gasteiger partial charge in [-0.2, -0.15) is 18.0 Å². The van der Waals surface area contributed by atoms with Gasteiger partial charge < -0.3 is 10.2 Å². The van der Waals surface area contributed by atoms with Crippen molar-refractivity contribution >= 4 is 29.1 Å². The number of nitrogens with one attached hydrogen (secondary N) is 1. The van der Waals surface area contributed by atoms with E-state index in [4.69, 9.17) is 11.6 Å². The lowest BCUT2D eigenvalue weighted by atomic mass is 10.1. The van der Waals surface area contributed by atoms with E-state index in [0.717, 1.165) is 15.8 Å². The van der Waals surface area contributed by atoms with Crippen LogP contribution in [-0.4, -0.2) is 44.1 Å². The number of hydrogen-bond acceptors (Lipinski definition) is 5. The van der Waals surface area contributed by atoms with Crippen LogP contribution in [0, 0.1) is 5.82 Å². The first-order chi connectivity index (χ1) is 16.2. The molecule has 1 heterocycles. The molecule has 0 aliphatic rings. The summed E-state index contributed by atoms with van der Waals surface area (Å²) in [5.41, 5.74) is -1.53. The van der Waals surface area contributed by atoms with Gasteiger partial charge in [-0.1, -0.05) is 11.6 Å². The van der Waals surface area contributed by atoms with E-state index >= 15 is 0 Å². The molecule has 35 heavy (non-hydrogen) atoms. The minimum Gasteiger partial charge on any atom is -0.350 e. The zero-order chi connectivity index (χ0) is 26.0. The van der Waals surface area contributed by atoms with Gasteiger partial charge in [0.1, 0.15) is 18.9 Å². The van der Waals surface area contributed by atoms with E-state index in [2.05, 4.69) is 20.7 Å². The van der Waals surface area contributed by atoms with Crippen LogP contribution < -0.4 is 10.2 Å². The largest absolute Gasteiger partial charge is 0.417 e. The van der Waals surface area contributed by atoms with Gasteiger partial charge in [0.15, 0.2) is 0 Å². The number of carbonyl (C=O) groups excluding carboxylic acids is 2. The molecule has 0 aliphatic heterocycles. The van der Waals surface area contributed by atoms with Gasteiger partial charge >= 0.3 is 6.18 Å². The Morgan fingerprint density at radius 1 is 1.09 bits per heavy atom. The van der Waals surface area contributed by atoms with Crippen molar-refractivity contribution in [3.8, 4) is 11.4 Å². The monoisotopic (exact) mass is 512 g/mol. The molecule has 1 N–H and O–H groups in total. The molecule has 3 rings (SSSR count). The Bertz CT molecular complexity index is 1220. The molecule has 0 saturated heterocycles. The molecule has 2 amide bonds. The lowest BCUT2D eigenvalue weighted by Crippen LogP contribution is -2.48. The predicted molar refractivity (Wildman–Crippen MR) is 120 cm³/mol. The highest BCUT2D eigenvalue weighted by molar-refractivity contribution is 6.31. The summed E-state index contributed by atoms with van der Waals surface area (Å²) in [6.07, 6.45) is -4.77. The van der Waals surface area contributed by atoms with E-state index in [0.29, 0.717) is 11.6 Å². The van der Waals surface area contributed by atoms with Crippen LogP contribution in [0.2, 0.25) is 5.02 Å². The smallest absolute Gasteiger partial charge is 0.350 e. The Kier molecular flexibility index (Phi) is 7.44. The van der Waals surface area contributed by atoms with Gasteiger partial charge in [0.25, 0.3) is 5.91 Å². The summed E-state index contributed by atoms with van der Waals surface area (Å²) in [5, 5.41) is 13.8. The number of anilines is 1. The molecule has 3 aromatic rings. The summed E-state index contributed by atoms with van der Waals surface area (Å²) in [4.78, 5) is 27.4. The number of benzene rings is 2. The molecule has 0 spiro atoms. The lowest BCUT2D eigenvalue weighted by Gasteiger charge is -2.26. The average molecular weight is 513 g/mol. The van der Waals surface area contributed by atoms with Crippen molar-refractivity contribution < 1.29 is 27.2 Å². The van der Waals surface area contributed by atoms with Gasteiger partial charge in [-0.15, -0.1) is 10.2 Å². The summed E-state index contributed by atoms with van der Waals surface area (Å²) in [5.74, 6) is -1.71. The molecule has 0 atom stereocenters. The van der Waals surface area contributed by atoms with E-state index in [1.165, 1.54) is 30.3 Å². The number of rotatable bonds is 6. The van der Waals surface area contributed by atoms with Crippen molar-refractivity contribution in [2.24, 2.45) is 0 Å². The number of carbonyl (C=O) groups is 2. The first-order valence-corrected chi connectivity index (χ1v) is 10.6. The second-order valence-electron chi connectivity index (χ2n) is 8.59. The molecule has 0 unspecified atom stereocenters. The Hall–Kier alpha value is -3.54. The molecular weight excluding hydrogens is 492 g/mol. The minimum absolute atomic E-state index is 0.112. The first-order valence-electron chi connectivity index (χ1n) is 10.2. The highest BCUT2D eigenvalue weighted by Gasteiger charge is 2.34. The van der Waals surface area contributed by atoms with Gasteiger partial charge in [0.2, 0.25) is 11.7 Å². The van der Waals surface area contributed by atoms with E-state index < -0.39 is 53.0 Å². The van der Waals surface area contributed by atoms with Gasteiger partial charge in [-0.05, 0) is 68.4 Å². The van der Waals surface area contributed by atoms with Crippen molar-refractivity contribution in [1.29, 1.82) is 0 Å². The van der Waals surface area contributed by atoms with Gasteiger partial charge in [0.05, 0.1) is 10.6 Å². The van der Waals surface area contributed by atoms with Crippen LogP contribution in [0.15, 0.2) is 42.5 Å². The molecule has 0 saturated carbocycles. The summed E-state index contributed by atoms with van der Waals surface area (Å²) in [7, 11) is 0. The van der Waals surface area contributed by atoms with Crippen LogP contribution in [-0.2, 0) is 22.3 Å². The normalized spacial score (nSPS) is 11.9. The third-order valence-electron chi connectivity index (χ3n) is 4.52. The van der Waals surface area contributed by atoms with E-state index in [1.807, 2.05) is 0 Å². The third kappa shape index (κ3) is 6.98. The number of alkyl halides is 3. The molecule has 0 bridgehead atoms. The second-order valence-corrected chi connectivity index (χ2v) is 9.00. The van der Waals surface area contributed by atoms with E-state index in [-0.39, 0.29) is 11.5 Å². The number of amides is 2. The maximum atomic E-state index is 13.4. The fourth-order valence-electron chi connectivity index (χ4n) is 3.05. The van der Waals surface area contributed by atoms with Crippen molar-refractivity contribution in [3.05, 3.63) is 58.9 Å². The van der Waals surface area contributed by atoms with Crippen LogP contribution in [0.1, 0.15) is 26.3 Å². The quantitative estimate of drug-likeness (QED) is 0.502. The summed E-state index contributed by atoms with van der Waals surface area (Å²) in [6.45, 7) is 4.07.